The monoisotopic (exact) mass is 470 g/mol. The van der Waals surface area contributed by atoms with Crippen molar-refractivity contribution >= 4 is 27.7 Å². The Labute approximate surface area is 187 Å². The Morgan fingerprint density at radius 3 is 2.45 bits per heavy atom. The summed E-state index contributed by atoms with van der Waals surface area (Å²) in [4.78, 5) is 13.8. The van der Waals surface area contributed by atoms with E-state index >= 15 is 0 Å². The summed E-state index contributed by atoms with van der Waals surface area (Å²) in [6, 6.07) is 11.2. The van der Waals surface area contributed by atoms with Crippen molar-refractivity contribution in [1.82, 2.24) is 9.62 Å². The SMILES string of the molecule is COc1ccccc1OCCN(C)C(=O)C(CCSC)NS(=O)(=O)c1ccccc1F. The van der Waals surface area contributed by atoms with Gasteiger partial charge in [-0.3, -0.25) is 4.79 Å². The number of methoxy groups -OCH3 is 1. The molecule has 0 spiro atoms. The average molecular weight is 471 g/mol. The molecule has 7 nitrogen and oxygen atoms in total. The third kappa shape index (κ3) is 7.12. The minimum atomic E-state index is -4.20. The van der Waals surface area contributed by atoms with E-state index in [0.29, 0.717) is 17.3 Å². The first-order valence-electron chi connectivity index (χ1n) is 9.56. The van der Waals surface area contributed by atoms with Gasteiger partial charge in [-0.2, -0.15) is 16.5 Å². The Kier molecular flexibility index (Phi) is 9.60. The highest BCUT2D eigenvalue weighted by Gasteiger charge is 2.29. The molecular weight excluding hydrogens is 443 g/mol. The van der Waals surface area contributed by atoms with Crippen molar-refractivity contribution in [2.24, 2.45) is 0 Å². The van der Waals surface area contributed by atoms with Gasteiger partial charge in [0.05, 0.1) is 13.7 Å². The van der Waals surface area contributed by atoms with Crippen LogP contribution in [-0.4, -0.2) is 64.6 Å². The third-order valence-corrected chi connectivity index (χ3v) is 6.61. The number of likely N-dealkylation sites (N-methyl/N-ethyl adjacent to an activating group) is 1. The summed E-state index contributed by atoms with van der Waals surface area (Å²) < 4.78 is 52.6. The van der Waals surface area contributed by atoms with Crippen LogP contribution in [0.2, 0.25) is 0 Å². The van der Waals surface area contributed by atoms with Gasteiger partial charge in [-0.05, 0) is 42.7 Å². The predicted molar refractivity (Wildman–Crippen MR) is 120 cm³/mol. The number of hydrogen-bond donors (Lipinski definition) is 1. The van der Waals surface area contributed by atoms with Crippen molar-refractivity contribution < 1.29 is 27.1 Å². The molecule has 0 radical (unpaired) electrons. The first kappa shape index (κ1) is 25.0. The van der Waals surface area contributed by atoms with Crippen LogP contribution < -0.4 is 14.2 Å². The number of nitrogens with zero attached hydrogens (tertiary/aromatic N) is 1. The van der Waals surface area contributed by atoms with Gasteiger partial charge in [0, 0.05) is 7.05 Å². The summed E-state index contributed by atoms with van der Waals surface area (Å²) in [5.41, 5.74) is 0. The highest BCUT2D eigenvalue weighted by molar-refractivity contribution is 7.98. The number of benzene rings is 2. The van der Waals surface area contributed by atoms with Gasteiger partial charge in [0.25, 0.3) is 0 Å². The molecule has 2 aromatic rings. The van der Waals surface area contributed by atoms with E-state index in [4.69, 9.17) is 9.47 Å². The van der Waals surface area contributed by atoms with Gasteiger partial charge < -0.3 is 14.4 Å². The minimum Gasteiger partial charge on any atom is -0.493 e. The van der Waals surface area contributed by atoms with Crippen LogP contribution in [0.5, 0.6) is 11.5 Å². The molecule has 0 aliphatic heterocycles. The lowest BCUT2D eigenvalue weighted by atomic mass is 10.2. The predicted octanol–water partition coefficient (Wildman–Crippen LogP) is 2.77. The molecule has 0 fully saturated rings. The minimum absolute atomic E-state index is 0.192. The number of carbonyl (C=O) groups excluding carboxylic acids is 1. The Morgan fingerprint density at radius 1 is 1.16 bits per heavy atom. The molecule has 0 aromatic heterocycles. The largest absolute Gasteiger partial charge is 0.493 e. The summed E-state index contributed by atoms with van der Waals surface area (Å²) in [5.74, 6) is 0.390. The molecule has 31 heavy (non-hydrogen) atoms. The van der Waals surface area contributed by atoms with Gasteiger partial charge in [0.2, 0.25) is 15.9 Å². The summed E-state index contributed by atoms with van der Waals surface area (Å²) in [7, 11) is -1.10. The van der Waals surface area contributed by atoms with E-state index in [2.05, 4.69) is 4.72 Å². The number of carbonyl (C=O) groups is 1. The van der Waals surface area contributed by atoms with Gasteiger partial charge >= 0.3 is 0 Å². The first-order valence-corrected chi connectivity index (χ1v) is 12.4. The van der Waals surface area contributed by atoms with Crippen molar-refractivity contribution in [3.63, 3.8) is 0 Å². The fraction of sp³-hybridized carbons (Fsp3) is 0.381. The van der Waals surface area contributed by atoms with Gasteiger partial charge in [0.1, 0.15) is 23.4 Å². The second kappa shape index (κ2) is 11.9. The molecule has 2 rings (SSSR count). The number of ether oxygens (including phenoxy) is 2. The molecule has 1 amide bonds. The summed E-state index contributed by atoms with van der Waals surface area (Å²) >= 11 is 1.49. The molecule has 10 heteroatoms. The van der Waals surface area contributed by atoms with Crippen LogP contribution in [-0.2, 0) is 14.8 Å². The van der Waals surface area contributed by atoms with Crippen molar-refractivity contribution in [3.8, 4) is 11.5 Å². The number of nitrogens with one attached hydrogen (secondary N) is 1. The zero-order valence-electron chi connectivity index (χ0n) is 17.7. The van der Waals surface area contributed by atoms with Crippen LogP contribution in [0.15, 0.2) is 53.4 Å². The zero-order valence-corrected chi connectivity index (χ0v) is 19.3. The molecule has 170 valence electrons. The second-order valence-electron chi connectivity index (χ2n) is 6.64. The van der Waals surface area contributed by atoms with Crippen LogP contribution in [0.25, 0.3) is 0 Å². The Morgan fingerprint density at radius 2 is 1.81 bits per heavy atom. The van der Waals surface area contributed by atoms with Crippen LogP contribution in [0, 0.1) is 5.82 Å². The van der Waals surface area contributed by atoms with Crippen molar-refractivity contribution in [1.29, 1.82) is 0 Å². The maximum absolute atomic E-state index is 14.0. The molecule has 0 aliphatic rings. The standard InChI is InChI=1S/C21H27FN2O5S2/c1-24(13-14-29-19-10-6-5-9-18(19)28-2)21(25)17(12-15-30-3)23-31(26,27)20-11-7-4-8-16(20)22/h4-11,17,23H,12-15H2,1-3H3. The molecule has 1 atom stereocenters. The lowest BCUT2D eigenvalue weighted by Gasteiger charge is -2.24. The number of sulfonamides is 1. The van der Waals surface area contributed by atoms with E-state index in [0.717, 1.165) is 6.07 Å². The molecule has 0 saturated heterocycles. The third-order valence-electron chi connectivity index (χ3n) is 4.46. The van der Waals surface area contributed by atoms with Crippen LogP contribution in [0.3, 0.4) is 0 Å². The fourth-order valence-corrected chi connectivity index (χ4v) is 4.56. The highest BCUT2D eigenvalue weighted by Crippen LogP contribution is 2.25. The van der Waals surface area contributed by atoms with Gasteiger partial charge in [-0.25, -0.2) is 12.8 Å². The van der Waals surface area contributed by atoms with Crippen molar-refractivity contribution in [3.05, 3.63) is 54.3 Å². The average Bonchev–Trinajstić information content (AvgIpc) is 2.76. The van der Waals surface area contributed by atoms with E-state index in [-0.39, 0.29) is 19.6 Å². The lowest BCUT2D eigenvalue weighted by molar-refractivity contribution is -0.132. The van der Waals surface area contributed by atoms with E-state index in [1.54, 1.807) is 19.2 Å². The highest BCUT2D eigenvalue weighted by atomic mass is 32.2. The molecule has 0 bridgehead atoms. The maximum atomic E-state index is 14.0. The van der Waals surface area contributed by atoms with Crippen LogP contribution in [0.4, 0.5) is 4.39 Å². The first-order chi connectivity index (χ1) is 14.8. The number of rotatable bonds is 12. The van der Waals surface area contributed by atoms with E-state index in [1.807, 2.05) is 18.4 Å². The number of para-hydroxylation sites is 2. The van der Waals surface area contributed by atoms with Crippen LogP contribution >= 0.6 is 11.8 Å². The zero-order chi connectivity index (χ0) is 22.9. The number of hydrogen-bond acceptors (Lipinski definition) is 6. The molecule has 1 unspecified atom stereocenters. The molecule has 0 saturated carbocycles. The molecule has 1 N–H and O–H groups in total. The molecular formula is C21H27FN2O5S2. The van der Waals surface area contributed by atoms with Gasteiger partial charge in [-0.1, -0.05) is 24.3 Å². The summed E-state index contributed by atoms with van der Waals surface area (Å²) in [6.45, 7) is 0.423. The molecule has 0 aliphatic carbocycles. The van der Waals surface area contributed by atoms with E-state index < -0.39 is 32.7 Å². The van der Waals surface area contributed by atoms with Crippen LogP contribution in [0.1, 0.15) is 6.42 Å². The smallest absolute Gasteiger partial charge is 0.244 e. The van der Waals surface area contributed by atoms with Gasteiger partial charge in [-0.15, -0.1) is 0 Å². The summed E-state index contributed by atoms with van der Waals surface area (Å²) in [6.07, 6.45) is 2.13. The van der Waals surface area contributed by atoms with Gasteiger partial charge in [0.15, 0.2) is 11.5 Å². The normalized spacial score (nSPS) is 12.3. The number of halogens is 1. The number of amides is 1. The Balaban J connectivity index is 2.05. The quantitative estimate of drug-likeness (QED) is 0.514. The Bertz CT molecular complexity index is 972. The van der Waals surface area contributed by atoms with E-state index in [9.17, 15) is 17.6 Å². The van der Waals surface area contributed by atoms with Crippen molar-refractivity contribution in [2.75, 3.05) is 39.3 Å². The number of thioether (sulfide) groups is 1. The summed E-state index contributed by atoms with van der Waals surface area (Å²) in [5, 5.41) is 0. The van der Waals surface area contributed by atoms with Crippen molar-refractivity contribution in [2.45, 2.75) is 17.4 Å². The van der Waals surface area contributed by atoms with E-state index in [1.165, 1.54) is 42.0 Å². The second-order valence-corrected chi connectivity index (χ2v) is 9.31. The molecule has 0 heterocycles. The fourth-order valence-electron chi connectivity index (χ4n) is 2.79. The topological polar surface area (TPSA) is 84.9 Å². The Hall–Kier alpha value is -2.30. The molecule has 2 aromatic carbocycles. The maximum Gasteiger partial charge on any atom is 0.244 e. The lowest BCUT2D eigenvalue weighted by Crippen LogP contribution is -2.48.